The van der Waals surface area contributed by atoms with Gasteiger partial charge in [0.15, 0.2) is 0 Å². The lowest BCUT2D eigenvalue weighted by molar-refractivity contribution is 0.0435. The number of ketones is 1. The molecule has 4 nitrogen and oxygen atoms in total. The van der Waals surface area contributed by atoms with E-state index in [0.717, 1.165) is 0 Å². The predicted molar refractivity (Wildman–Crippen MR) is 53.2 cm³/mol. The lowest BCUT2D eigenvalue weighted by atomic mass is 10.1. The minimum atomic E-state index is -0.338. The number of Topliss-reactive ketones (excluding diaryl/α,β-unsaturated/α-hetero) is 1. The molecule has 0 saturated carbocycles. The van der Waals surface area contributed by atoms with E-state index in [4.69, 9.17) is 4.74 Å². The molecule has 78 valence electrons. The summed E-state index contributed by atoms with van der Waals surface area (Å²) in [5.74, 6) is 0.00866. The van der Waals surface area contributed by atoms with Gasteiger partial charge in [0.25, 0.3) is 0 Å². The van der Waals surface area contributed by atoms with Crippen LogP contribution < -0.4 is 0 Å². The first-order chi connectivity index (χ1) is 6.70. The predicted octanol–water partition coefficient (Wildman–Crippen LogP) is 1.42. The maximum atomic E-state index is 11.9. The van der Waals surface area contributed by atoms with Crippen LogP contribution >= 0.6 is 0 Å². The molecule has 1 atom stereocenters. The first kappa shape index (κ1) is 10.9. The van der Waals surface area contributed by atoms with Crippen molar-refractivity contribution in [3.8, 4) is 0 Å². The Balaban J connectivity index is 2.78. The van der Waals surface area contributed by atoms with Crippen LogP contribution in [0.2, 0.25) is 0 Å². The summed E-state index contributed by atoms with van der Waals surface area (Å²) in [6.45, 7) is 4.38. The molecule has 1 unspecified atom stereocenters. The van der Waals surface area contributed by atoms with Crippen molar-refractivity contribution in [3.63, 3.8) is 0 Å². The van der Waals surface area contributed by atoms with Crippen molar-refractivity contribution in [2.75, 3.05) is 6.61 Å². The van der Waals surface area contributed by atoms with Crippen LogP contribution in [0.3, 0.4) is 0 Å². The van der Waals surface area contributed by atoms with Gasteiger partial charge in [-0.15, -0.1) is 0 Å². The van der Waals surface area contributed by atoms with Gasteiger partial charge in [-0.2, -0.15) is 5.10 Å². The van der Waals surface area contributed by atoms with Crippen molar-refractivity contribution >= 4 is 5.78 Å². The van der Waals surface area contributed by atoms with Crippen LogP contribution in [-0.4, -0.2) is 28.3 Å². The van der Waals surface area contributed by atoms with E-state index in [1.807, 2.05) is 13.8 Å². The van der Waals surface area contributed by atoms with E-state index in [-0.39, 0.29) is 11.9 Å². The Morgan fingerprint density at radius 2 is 2.36 bits per heavy atom. The first-order valence-electron chi connectivity index (χ1n) is 4.84. The average molecular weight is 196 g/mol. The molecule has 0 amide bonds. The smallest absolute Gasteiger partial charge is 0.209 e. The van der Waals surface area contributed by atoms with E-state index in [0.29, 0.717) is 18.7 Å². The third-order valence-corrected chi connectivity index (χ3v) is 2.10. The fourth-order valence-corrected chi connectivity index (χ4v) is 1.36. The number of carbonyl (C=O) groups is 1. The Hall–Kier alpha value is -1.16. The minimum absolute atomic E-state index is 0.00866. The van der Waals surface area contributed by atoms with Gasteiger partial charge in [-0.25, -0.2) is 0 Å². The average Bonchev–Trinajstić information content (AvgIpc) is 2.59. The Morgan fingerprint density at radius 3 is 2.79 bits per heavy atom. The zero-order valence-corrected chi connectivity index (χ0v) is 8.86. The van der Waals surface area contributed by atoms with Gasteiger partial charge in [-0.05, 0) is 19.4 Å². The Bertz CT molecular complexity index is 307. The minimum Gasteiger partial charge on any atom is -0.370 e. The summed E-state index contributed by atoms with van der Waals surface area (Å²) >= 11 is 0. The molecule has 0 saturated heterocycles. The number of aryl methyl sites for hydroxylation is 1. The van der Waals surface area contributed by atoms with Crippen LogP contribution in [0.15, 0.2) is 12.3 Å². The summed E-state index contributed by atoms with van der Waals surface area (Å²) < 4.78 is 6.91. The number of aromatic nitrogens is 2. The fourth-order valence-electron chi connectivity index (χ4n) is 1.36. The highest BCUT2D eigenvalue weighted by Crippen LogP contribution is 2.08. The SMILES string of the molecule is CCOC(CC)C(=O)c1ccnn1C. The summed E-state index contributed by atoms with van der Waals surface area (Å²) in [5, 5.41) is 3.95. The van der Waals surface area contributed by atoms with Crippen LogP contribution in [-0.2, 0) is 11.8 Å². The number of rotatable bonds is 5. The Kier molecular flexibility index (Phi) is 3.83. The molecule has 1 rings (SSSR count). The number of hydrogen-bond donors (Lipinski definition) is 0. The first-order valence-corrected chi connectivity index (χ1v) is 4.84. The van der Waals surface area contributed by atoms with Gasteiger partial charge in [0, 0.05) is 19.9 Å². The standard InChI is InChI=1S/C10H16N2O2/c1-4-9(14-5-2)10(13)8-6-7-11-12(8)3/h6-7,9H,4-5H2,1-3H3. The van der Waals surface area contributed by atoms with Gasteiger partial charge < -0.3 is 4.74 Å². The molecular formula is C10H16N2O2. The van der Waals surface area contributed by atoms with Gasteiger partial charge in [0.2, 0.25) is 5.78 Å². The maximum Gasteiger partial charge on any atom is 0.209 e. The van der Waals surface area contributed by atoms with E-state index in [2.05, 4.69) is 5.10 Å². The van der Waals surface area contributed by atoms with Crippen LogP contribution in [0.5, 0.6) is 0 Å². The van der Waals surface area contributed by atoms with Crippen LogP contribution in [0.4, 0.5) is 0 Å². The number of carbonyl (C=O) groups excluding carboxylic acids is 1. The molecule has 14 heavy (non-hydrogen) atoms. The topological polar surface area (TPSA) is 44.1 Å². The summed E-state index contributed by atoms with van der Waals surface area (Å²) in [5.41, 5.74) is 0.602. The van der Waals surface area contributed by atoms with Crippen molar-refractivity contribution in [1.82, 2.24) is 9.78 Å². The summed E-state index contributed by atoms with van der Waals surface area (Å²) in [4.78, 5) is 11.9. The second-order valence-electron chi connectivity index (χ2n) is 3.06. The highest BCUT2D eigenvalue weighted by molar-refractivity contribution is 5.97. The number of nitrogens with zero attached hydrogens (tertiary/aromatic N) is 2. The van der Waals surface area contributed by atoms with Gasteiger partial charge in [-0.1, -0.05) is 6.92 Å². The molecule has 0 radical (unpaired) electrons. The van der Waals surface area contributed by atoms with Crippen molar-refractivity contribution in [3.05, 3.63) is 18.0 Å². The van der Waals surface area contributed by atoms with E-state index >= 15 is 0 Å². The third-order valence-electron chi connectivity index (χ3n) is 2.10. The van der Waals surface area contributed by atoms with Gasteiger partial charge in [0.05, 0.1) is 0 Å². The monoisotopic (exact) mass is 196 g/mol. The fraction of sp³-hybridized carbons (Fsp3) is 0.600. The van der Waals surface area contributed by atoms with E-state index in [1.54, 1.807) is 24.0 Å². The molecule has 1 aromatic heterocycles. The van der Waals surface area contributed by atoms with Gasteiger partial charge in [-0.3, -0.25) is 9.48 Å². The van der Waals surface area contributed by atoms with E-state index < -0.39 is 0 Å². The van der Waals surface area contributed by atoms with Crippen LogP contribution in [0.25, 0.3) is 0 Å². The molecule has 0 aliphatic heterocycles. The zero-order valence-electron chi connectivity index (χ0n) is 8.86. The maximum absolute atomic E-state index is 11.9. The van der Waals surface area contributed by atoms with E-state index in [1.165, 1.54) is 0 Å². The lowest BCUT2D eigenvalue weighted by Gasteiger charge is -2.13. The largest absolute Gasteiger partial charge is 0.370 e. The molecule has 0 aliphatic carbocycles. The quantitative estimate of drug-likeness (QED) is 0.669. The molecule has 4 heteroatoms. The molecule has 0 bridgehead atoms. The zero-order chi connectivity index (χ0) is 10.6. The normalized spacial score (nSPS) is 12.8. The molecule has 0 fully saturated rings. The van der Waals surface area contributed by atoms with Crippen LogP contribution in [0.1, 0.15) is 30.8 Å². The summed E-state index contributed by atoms with van der Waals surface area (Å²) in [7, 11) is 1.76. The molecular weight excluding hydrogens is 180 g/mol. The Morgan fingerprint density at radius 1 is 1.64 bits per heavy atom. The molecule has 0 aliphatic rings. The number of ether oxygens (including phenoxy) is 1. The van der Waals surface area contributed by atoms with Crippen LogP contribution in [0, 0.1) is 0 Å². The second-order valence-corrected chi connectivity index (χ2v) is 3.06. The van der Waals surface area contributed by atoms with Crippen molar-refractivity contribution in [2.45, 2.75) is 26.4 Å². The third kappa shape index (κ3) is 2.20. The van der Waals surface area contributed by atoms with Gasteiger partial charge in [0.1, 0.15) is 11.8 Å². The van der Waals surface area contributed by atoms with Crippen molar-refractivity contribution < 1.29 is 9.53 Å². The summed E-state index contributed by atoms with van der Waals surface area (Å²) in [6.07, 6.45) is 1.97. The summed E-state index contributed by atoms with van der Waals surface area (Å²) in [6, 6.07) is 1.71. The van der Waals surface area contributed by atoms with E-state index in [9.17, 15) is 4.79 Å². The Labute approximate surface area is 83.9 Å². The second kappa shape index (κ2) is 4.91. The molecule has 0 aromatic carbocycles. The van der Waals surface area contributed by atoms with Crippen molar-refractivity contribution in [1.29, 1.82) is 0 Å². The molecule has 0 N–H and O–H groups in total. The van der Waals surface area contributed by atoms with Crippen molar-refractivity contribution in [2.24, 2.45) is 7.05 Å². The number of hydrogen-bond acceptors (Lipinski definition) is 3. The van der Waals surface area contributed by atoms with Gasteiger partial charge >= 0.3 is 0 Å². The highest BCUT2D eigenvalue weighted by atomic mass is 16.5. The molecule has 1 aromatic rings. The molecule has 1 heterocycles. The lowest BCUT2D eigenvalue weighted by Crippen LogP contribution is -2.25. The molecule has 0 spiro atoms. The highest BCUT2D eigenvalue weighted by Gasteiger charge is 2.20.